The number of nitrogens with two attached hydrogens (primary N) is 1. The minimum absolute atomic E-state index is 0.208. The van der Waals surface area contributed by atoms with E-state index in [4.69, 9.17) is 11.1 Å². The molecule has 0 spiro atoms. The third-order valence-electron chi connectivity index (χ3n) is 1.19. The molecule has 12 heavy (non-hydrogen) atoms. The lowest BCUT2D eigenvalue weighted by Crippen LogP contribution is -2.11. The molecule has 0 atom stereocenters. The number of thioether (sulfide) groups is 1. The fourth-order valence-corrected chi connectivity index (χ4v) is 1.98. The van der Waals surface area contributed by atoms with Crippen molar-refractivity contribution >= 4 is 33.5 Å². The summed E-state index contributed by atoms with van der Waals surface area (Å²) in [6.45, 7) is 0. The van der Waals surface area contributed by atoms with Crippen molar-refractivity contribution in [3.05, 3.63) is 28.7 Å². The van der Waals surface area contributed by atoms with Gasteiger partial charge < -0.3 is 5.73 Å². The van der Waals surface area contributed by atoms with E-state index >= 15 is 0 Å². The van der Waals surface area contributed by atoms with Crippen molar-refractivity contribution in [1.82, 2.24) is 0 Å². The highest BCUT2D eigenvalue weighted by Crippen LogP contribution is 2.21. The quantitative estimate of drug-likeness (QED) is 0.488. The van der Waals surface area contributed by atoms with Crippen LogP contribution < -0.4 is 5.73 Å². The molecule has 1 aromatic carbocycles. The zero-order chi connectivity index (χ0) is 8.97. The van der Waals surface area contributed by atoms with E-state index in [-0.39, 0.29) is 5.84 Å². The van der Waals surface area contributed by atoms with Crippen molar-refractivity contribution in [2.24, 2.45) is 5.73 Å². The van der Waals surface area contributed by atoms with Gasteiger partial charge in [0.1, 0.15) is 5.84 Å². The molecule has 1 aromatic rings. The molecule has 0 aliphatic rings. The molecule has 0 fully saturated rings. The van der Waals surface area contributed by atoms with Crippen LogP contribution in [0, 0.1) is 5.41 Å². The maximum absolute atomic E-state index is 7.04. The first kappa shape index (κ1) is 9.61. The molecule has 0 aliphatic heterocycles. The number of hydrogen-bond donors (Lipinski definition) is 2. The zero-order valence-corrected chi connectivity index (χ0v) is 8.78. The topological polar surface area (TPSA) is 49.9 Å². The fourth-order valence-electron chi connectivity index (χ4n) is 0.718. The van der Waals surface area contributed by atoms with E-state index in [0.717, 1.165) is 9.37 Å². The largest absolute Gasteiger partial charge is 0.387 e. The Morgan fingerprint density at radius 2 is 2.33 bits per heavy atom. The van der Waals surface area contributed by atoms with Crippen LogP contribution in [0.15, 0.2) is 33.6 Å². The van der Waals surface area contributed by atoms with E-state index in [0.29, 0.717) is 5.75 Å². The second kappa shape index (κ2) is 4.52. The maximum atomic E-state index is 7.04. The van der Waals surface area contributed by atoms with Gasteiger partial charge in [-0.25, -0.2) is 0 Å². The summed E-state index contributed by atoms with van der Waals surface area (Å²) in [6, 6.07) is 7.94. The average Bonchev–Trinajstić information content (AvgIpc) is 2.01. The van der Waals surface area contributed by atoms with Crippen LogP contribution in [0.2, 0.25) is 0 Å². The lowest BCUT2D eigenvalue weighted by atomic mass is 10.4. The molecule has 0 amide bonds. The van der Waals surface area contributed by atoms with Gasteiger partial charge in [-0.1, -0.05) is 22.0 Å². The molecular formula is C8H9BrN2S. The summed E-state index contributed by atoms with van der Waals surface area (Å²) in [5.74, 6) is 0.760. The van der Waals surface area contributed by atoms with Crippen LogP contribution in [0.5, 0.6) is 0 Å². The van der Waals surface area contributed by atoms with Gasteiger partial charge in [-0.2, -0.15) is 0 Å². The molecule has 2 nitrogen and oxygen atoms in total. The molecule has 0 aliphatic carbocycles. The van der Waals surface area contributed by atoms with Crippen molar-refractivity contribution in [3.63, 3.8) is 0 Å². The van der Waals surface area contributed by atoms with Crippen LogP contribution in [0.1, 0.15) is 0 Å². The van der Waals surface area contributed by atoms with Gasteiger partial charge in [0.2, 0.25) is 0 Å². The normalized spacial score (nSPS) is 9.75. The first-order valence-corrected chi connectivity index (χ1v) is 5.17. The van der Waals surface area contributed by atoms with E-state index in [2.05, 4.69) is 15.9 Å². The van der Waals surface area contributed by atoms with E-state index < -0.39 is 0 Å². The van der Waals surface area contributed by atoms with Gasteiger partial charge in [0, 0.05) is 9.37 Å². The summed E-state index contributed by atoms with van der Waals surface area (Å²) < 4.78 is 1.05. The first-order chi connectivity index (χ1) is 5.68. The van der Waals surface area contributed by atoms with Crippen molar-refractivity contribution in [3.8, 4) is 0 Å². The van der Waals surface area contributed by atoms with Gasteiger partial charge in [-0.05, 0) is 18.2 Å². The zero-order valence-electron chi connectivity index (χ0n) is 6.38. The van der Waals surface area contributed by atoms with Crippen LogP contribution in [0.3, 0.4) is 0 Å². The summed E-state index contributed by atoms with van der Waals surface area (Å²) >= 11 is 4.93. The summed E-state index contributed by atoms with van der Waals surface area (Å²) in [6.07, 6.45) is 0. The van der Waals surface area contributed by atoms with Crippen molar-refractivity contribution in [1.29, 1.82) is 5.41 Å². The first-order valence-electron chi connectivity index (χ1n) is 3.40. The molecule has 0 radical (unpaired) electrons. The third kappa shape index (κ3) is 3.28. The van der Waals surface area contributed by atoms with Crippen molar-refractivity contribution < 1.29 is 0 Å². The number of benzene rings is 1. The molecule has 0 aromatic heterocycles. The van der Waals surface area contributed by atoms with E-state index in [1.54, 1.807) is 11.8 Å². The molecule has 0 heterocycles. The molecule has 1 rings (SSSR count). The number of halogens is 1. The number of nitrogens with one attached hydrogen (secondary N) is 1. The monoisotopic (exact) mass is 244 g/mol. The Bertz CT molecular complexity index is 288. The van der Waals surface area contributed by atoms with E-state index in [1.807, 2.05) is 24.3 Å². The smallest absolute Gasteiger partial charge is 0.101 e. The van der Waals surface area contributed by atoms with Gasteiger partial charge in [0.05, 0.1) is 5.75 Å². The molecule has 3 N–H and O–H groups in total. The minimum Gasteiger partial charge on any atom is -0.387 e. The van der Waals surface area contributed by atoms with Gasteiger partial charge in [-0.15, -0.1) is 11.8 Å². The van der Waals surface area contributed by atoms with Gasteiger partial charge >= 0.3 is 0 Å². The molecule has 0 saturated heterocycles. The average molecular weight is 245 g/mol. The predicted octanol–water partition coefficient (Wildman–Crippen LogP) is 2.48. The van der Waals surface area contributed by atoms with Gasteiger partial charge in [0.15, 0.2) is 0 Å². The second-order valence-electron chi connectivity index (χ2n) is 2.27. The third-order valence-corrected chi connectivity index (χ3v) is 2.73. The Hall–Kier alpha value is -0.480. The predicted molar refractivity (Wildman–Crippen MR) is 56.8 cm³/mol. The Labute approximate surface area is 84.2 Å². The minimum atomic E-state index is 0.208. The van der Waals surface area contributed by atoms with Crippen LogP contribution in [0.4, 0.5) is 0 Å². The van der Waals surface area contributed by atoms with Gasteiger partial charge in [0.25, 0.3) is 0 Å². The highest BCUT2D eigenvalue weighted by Gasteiger charge is 1.95. The van der Waals surface area contributed by atoms with Crippen molar-refractivity contribution in [2.45, 2.75) is 4.90 Å². The highest BCUT2D eigenvalue weighted by molar-refractivity contribution is 9.10. The van der Waals surface area contributed by atoms with Crippen LogP contribution in [0.25, 0.3) is 0 Å². The number of amidine groups is 1. The Balaban J connectivity index is 2.57. The number of rotatable bonds is 3. The van der Waals surface area contributed by atoms with E-state index in [1.165, 1.54) is 0 Å². The summed E-state index contributed by atoms with van der Waals surface area (Å²) in [5, 5.41) is 7.04. The molecule has 0 bridgehead atoms. The molecular weight excluding hydrogens is 236 g/mol. The SMILES string of the molecule is N=C(N)CSc1cccc(Br)c1. The van der Waals surface area contributed by atoms with Crippen LogP contribution in [-0.4, -0.2) is 11.6 Å². The Morgan fingerprint density at radius 1 is 1.58 bits per heavy atom. The second-order valence-corrected chi connectivity index (χ2v) is 4.24. The summed E-state index contributed by atoms with van der Waals surface area (Å²) in [5.41, 5.74) is 5.23. The molecule has 0 saturated carbocycles. The number of hydrogen-bond acceptors (Lipinski definition) is 2. The summed E-state index contributed by atoms with van der Waals surface area (Å²) in [7, 11) is 0. The Morgan fingerprint density at radius 3 is 2.92 bits per heavy atom. The Kier molecular flexibility index (Phi) is 3.62. The summed E-state index contributed by atoms with van der Waals surface area (Å²) in [4.78, 5) is 1.12. The highest BCUT2D eigenvalue weighted by atomic mass is 79.9. The maximum Gasteiger partial charge on any atom is 0.101 e. The molecule has 0 unspecified atom stereocenters. The fraction of sp³-hybridized carbons (Fsp3) is 0.125. The van der Waals surface area contributed by atoms with E-state index in [9.17, 15) is 0 Å². The van der Waals surface area contributed by atoms with Gasteiger partial charge in [-0.3, -0.25) is 5.41 Å². The molecule has 4 heteroatoms. The van der Waals surface area contributed by atoms with Crippen LogP contribution in [-0.2, 0) is 0 Å². The van der Waals surface area contributed by atoms with Crippen molar-refractivity contribution in [2.75, 3.05) is 5.75 Å². The standard InChI is InChI=1S/C8H9BrN2S/c9-6-2-1-3-7(4-6)12-5-8(10)11/h1-4H,5H2,(H3,10,11). The lowest BCUT2D eigenvalue weighted by Gasteiger charge is -1.99. The lowest BCUT2D eigenvalue weighted by molar-refractivity contribution is 1.40. The van der Waals surface area contributed by atoms with Crippen LogP contribution >= 0.6 is 27.7 Å². The molecule has 64 valence electrons.